The van der Waals surface area contributed by atoms with Gasteiger partial charge in [-0.15, -0.1) is 0 Å². The molecule has 1 fully saturated rings. The zero-order chi connectivity index (χ0) is 13.2. The van der Waals surface area contributed by atoms with E-state index in [1.807, 2.05) is 16.7 Å². The molecule has 0 aliphatic carbocycles. The first-order chi connectivity index (χ1) is 8.48. The van der Waals surface area contributed by atoms with Crippen LogP contribution < -0.4 is 5.73 Å². The van der Waals surface area contributed by atoms with Crippen molar-refractivity contribution in [1.82, 2.24) is 9.88 Å². The average Bonchev–Trinajstić information content (AvgIpc) is 2.49. The molecule has 2 rings (SSSR count). The number of nitrogen functional groups attached to an aromatic ring is 1. The number of nitrogens with zero attached hydrogens (tertiary/aromatic N) is 2. The number of carbonyl (C=O) groups is 1. The maximum absolute atomic E-state index is 12.3. The van der Waals surface area contributed by atoms with E-state index < -0.39 is 0 Å². The molecule has 0 saturated carbocycles. The molecule has 0 radical (unpaired) electrons. The van der Waals surface area contributed by atoms with Crippen molar-refractivity contribution in [3.63, 3.8) is 0 Å². The van der Waals surface area contributed by atoms with Gasteiger partial charge in [0.05, 0.1) is 0 Å². The van der Waals surface area contributed by atoms with Gasteiger partial charge in [0.2, 0.25) is 0 Å². The van der Waals surface area contributed by atoms with Crippen molar-refractivity contribution in [3.05, 3.63) is 23.9 Å². The standard InChI is InChI=1S/C13H19N3OS/c1-13(2)4-6-16(7-8-18-13)12(17)10-3-5-15-11(14)9-10/h3,5,9H,4,6-8H2,1-2H3,(H2,14,15). The molecule has 98 valence electrons. The lowest BCUT2D eigenvalue weighted by Crippen LogP contribution is -2.33. The van der Waals surface area contributed by atoms with Crippen LogP contribution >= 0.6 is 11.8 Å². The summed E-state index contributed by atoms with van der Waals surface area (Å²) in [7, 11) is 0. The van der Waals surface area contributed by atoms with Crippen molar-refractivity contribution < 1.29 is 4.79 Å². The lowest BCUT2D eigenvalue weighted by atomic mass is 10.1. The van der Waals surface area contributed by atoms with Gasteiger partial charge in [0.15, 0.2) is 0 Å². The largest absolute Gasteiger partial charge is 0.384 e. The van der Waals surface area contributed by atoms with Gasteiger partial charge < -0.3 is 10.6 Å². The van der Waals surface area contributed by atoms with Crippen LogP contribution in [0.3, 0.4) is 0 Å². The predicted molar refractivity (Wildman–Crippen MR) is 75.7 cm³/mol. The van der Waals surface area contributed by atoms with Crippen molar-refractivity contribution in [3.8, 4) is 0 Å². The number of hydrogen-bond donors (Lipinski definition) is 1. The van der Waals surface area contributed by atoms with Crippen molar-refractivity contribution in [2.75, 3.05) is 24.6 Å². The minimum absolute atomic E-state index is 0.0578. The van der Waals surface area contributed by atoms with Gasteiger partial charge in [0.1, 0.15) is 5.82 Å². The Bertz CT molecular complexity index is 448. The number of amides is 1. The molecule has 0 unspecified atom stereocenters. The molecule has 1 aliphatic rings. The third-order valence-corrected chi connectivity index (χ3v) is 4.53. The van der Waals surface area contributed by atoms with Crippen molar-refractivity contribution in [1.29, 1.82) is 0 Å². The van der Waals surface area contributed by atoms with Crippen LogP contribution in [0, 0.1) is 0 Å². The normalized spacial score (nSPS) is 19.3. The van der Waals surface area contributed by atoms with Crippen LogP contribution in [0.4, 0.5) is 5.82 Å². The number of hydrogen-bond acceptors (Lipinski definition) is 4. The van der Waals surface area contributed by atoms with Gasteiger partial charge in [-0.1, -0.05) is 13.8 Å². The molecular formula is C13H19N3OS. The summed E-state index contributed by atoms with van der Waals surface area (Å²) in [5, 5.41) is 0. The fraction of sp³-hybridized carbons (Fsp3) is 0.538. The third kappa shape index (κ3) is 3.16. The smallest absolute Gasteiger partial charge is 0.254 e. The van der Waals surface area contributed by atoms with Crippen LogP contribution in [0.2, 0.25) is 0 Å². The second kappa shape index (κ2) is 5.18. The molecular weight excluding hydrogens is 246 g/mol. The summed E-state index contributed by atoms with van der Waals surface area (Å²) < 4.78 is 0.256. The fourth-order valence-electron chi connectivity index (χ4n) is 1.99. The summed E-state index contributed by atoms with van der Waals surface area (Å²) in [5.74, 6) is 1.44. The Labute approximate surface area is 112 Å². The van der Waals surface area contributed by atoms with E-state index in [4.69, 9.17) is 5.73 Å². The average molecular weight is 265 g/mol. The molecule has 18 heavy (non-hydrogen) atoms. The number of rotatable bonds is 1. The first-order valence-electron chi connectivity index (χ1n) is 6.13. The quantitative estimate of drug-likeness (QED) is 0.844. The van der Waals surface area contributed by atoms with E-state index in [1.165, 1.54) is 0 Å². The van der Waals surface area contributed by atoms with Crippen molar-refractivity contribution >= 4 is 23.5 Å². The molecule has 4 nitrogen and oxygen atoms in total. The SMILES string of the molecule is CC1(C)CCN(C(=O)c2ccnc(N)c2)CCS1. The predicted octanol–water partition coefficient (Wildman–Crippen LogP) is 2.02. The van der Waals surface area contributed by atoms with E-state index in [-0.39, 0.29) is 10.7 Å². The molecule has 1 amide bonds. The Morgan fingerprint density at radius 3 is 3.00 bits per heavy atom. The molecule has 1 aliphatic heterocycles. The summed E-state index contributed by atoms with van der Waals surface area (Å²) in [4.78, 5) is 18.2. The molecule has 1 aromatic heterocycles. The Balaban J connectivity index is 2.10. The Kier molecular flexibility index (Phi) is 3.80. The van der Waals surface area contributed by atoms with Crippen LogP contribution in [0.15, 0.2) is 18.3 Å². The topological polar surface area (TPSA) is 59.2 Å². The van der Waals surface area contributed by atoms with Crippen LogP contribution in [0.25, 0.3) is 0 Å². The van der Waals surface area contributed by atoms with Gasteiger partial charge in [0, 0.05) is 35.3 Å². The maximum Gasteiger partial charge on any atom is 0.254 e. The Hall–Kier alpha value is -1.23. The lowest BCUT2D eigenvalue weighted by Gasteiger charge is -2.22. The first-order valence-corrected chi connectivity index (χ1v) is 7.11. The Morgan fingerprint density at radius 2 is 2.28 bits per heavy atom. The van der Waals surface area contributed by atoms with Gasteiger partial charge >= 0.3 is 0 Å². The second-order valence-electron chi connectivity index (χ2n) is 5.12. The molecule has 1 saturated heterocycles. The minimum Gasteiger partial charge on any atom is -0.384 e. The van der Waals surface area contributed by atoms with Gasteiger partial charge in [0.25, 0.3) is 5.91 Å². The number of pyridine rings is 1. The second-order valence-corrected chi connectivity index (χ2v) is 6.92. The number of carbonyl (C=O) groups excluding carboxylic acids is 1. The molecule has 0 bridgehead atoms. The lowest BCUT2D eigenvalue weighted by molar-refractivity contribution is 0.0764. The number of aromatic nitrogens is 1. The van der Waals surface area contributed by atoms with E-state index in [2.05, 4.69) is 18.8 Å². The number of thioether (sulfide) groups is 1. The highest BCUT2D eigenvalue weighted by molar-refractivity contribution is 8.00. The summed E-state index contributed by atoms with van der Waals surface area (Å²) in [5.41, 5.74) is 6.25. The molecule has 5 heteroatoms. The number of nitrogens with two attached hydrogens (primary N) is 1. The van der Waals surface area contributed by atoms with E-state index in [9.17, 15) is 4.79 Å². The third-order valence-electron chi connectivity index (χ3n) is 3.15. The number of anilines is 1. The summed E-state index contributed by atoms with van der Waals surface area (Å²) >= 11 is 1.93. The van der Waals surface area contributed by atoms with E-state index in [1.54, 1.807) is 18.3 Å². The van der Waals surface area contributed by atoms with Crippen LogP contribution in [-0.4, -0.2) is 39.4 Å². The highest BCUT2D eigenvalue weighted by Crippen LogP contribution is 2.31. The highest BCUT2D eigenvalue weighted by atomic mass is 32.2. The maximum atomic E-state index is 12.3. The molecule has 0 spiro atoms. The fourth-order valence-corrected chi connectivity index (χ4v) is 3.09. The molecule has 0 atom stereocenters. The monoisotopic (exact) mass is 265 g/mol. The summed E-state index contributed by atoms with van der Waals surface area (Å²) in [6.45, 7) is 6.07. The minimum atomic E-state index is 0.0578. The Morgan fingerprint density at radius 1 is 1.50 bits per heavy atom. The molecule has 0 aromatic carbocycles. The van der Waals surface area contributed by atoms with Crippen LogP contribution in [0.5, 0.6) is 0 Å². The molecule has 2 N–H and O–H groups in total. The molecule has 1 aromatic rings. The van der Waals surface area contributed by atoms with Gasteiger partial charge in [-0.05, 0) is 18.6 Å². The zero-order valence-electron chi connectivity index (χ0n) is 10.8. The van der Waals surface area contributed by atoms with E-state index in [0.717, 1.165) is 25.3 Å². The van der Waals surface area contributed by atoms with Crippen LogP contribution in [-0.2, 0) is 0 Å². The van der Waals surface area contributed by atoms with Crippen LogP contribution in [0.1, 0.15) is 30.6 Å². The summed E-state index contributed by atoms with van der Waals surface area (Å²) in [6.07, 6.45) is 2.60. The van der Waals surface area contributed by atoms with Gasteiger partial charge in [-0.3, -0.25) is 4.79 Å². The summed E-state index contributed by atoms with van der Waals surface area (Å²) in [6, 6.07) is 3.37. The zero-order valence-corrected chi connectivity index (χ0v) is 11.7. The van der Waals surface area contributed by atoms with Crippen molar-refractivity contribution in [2.45, 2.75) is 25.0 Å². The van der Waals surface area contributed by atoms with E-state index in [0.29, 0.717) is 11.4 Å². The van der Waals surface area contributed by atoms with Gasteiger partial charge in [-0.2, -0.15) is 11.8 Å². The first kappa shape index (κ1) is 13.2. The van der Waals surface area contributed by atoms with Crippen molar-refractivity contribution in [2.24, 2.45) is 0 Å². The van der Waals surface area contributed by atoms with Gasteiger partial charge in [-0.25, -0.2) is 4.98 Å². The van der Waals surface area contributed by atoms with E-state index >= 15 is 0 Å². The molecule has 2 heterocycles. The highest BCUT2D eigenvalue weighted by Gasteiger charge is 2.26.